The van der Waals surface area contributed by atoms with E-state index < -0.39 is 0 Å². The number of rotatable bonds is 6. The van der Waals surface area contributed by atoms with Gasteiger partial charge in [-0.15, -0.1) is 0 Å². The molecule has 0 saturated heterocycles. The number of nitrogens with one attached hydrogen (secondary N) is 1. The summed E-state index contributed by atoms with van der Waals surface area (Å²) < 4.78 is 1.98. The van der Waals surface area contributed by atoms with Crippen molar-refractivity contribution in [3.8, 4) is 0 Å². The molecule has 0 unspecified atom stereocenters. The lowest BCUT2D eigenvalue weighted by Crippen LogP contribution is -2.45. The molecule has 1 atom stereocenters. The van der Waals surface area contributed by atoms with Gasteiger partial charge in [-0.25, -0.2) is 9.67 Å². The first-order valence-corrected chi connectivity index (χ1v) is 9.57. The average Bonchev–Trinajstić information content (AvgIpc) is 3.14. The van der Waals surface area contributed by atoms with Crippen LogP contribution in [-0.2, 0) is 24.3 Å². The van der Waals surface area contributed by atoms with E-state index in [1.165, 1.54) is 5.56 Å². The first-order valence-electron chi connectivity index (χ1n) is 8.63. The molecule has 1 N–H and O–H groups in total. The third-order valence-corrected chi connectivity index (χ3v) is 5.48. The molecule has 3 heterocycles. The van der Waals surface area contributed by atoms with Gasteiger partial charge in [0, 0.05) is 25.0 Å². The van der Waals surface area contributed by atoms with E-state index in [9.17, 15) is 4.79 Å². The van der Waals surface area contributed by atoms with Crippen LogP contribution in [0.25, 0.3) is 0 Å². The summed E-state index contributed by atoms with van der Waals surface area (Å²) in [6, 6.07) is 2.84. The Hall–Kier alpha value is -1.73. The maximum Gasteiger partial charge on any atom is 0.237 e. The van der Waals surface area contributed by atoms with Crippen LogP contribution < -0.4 is 5.32 Å². The van der Waals surface area contributed by atoms with Gasteiger partial charge in [0.25, 0.3) is 0 Å². The van der Waals surface area contributed by atoms with E-state index in [1.54, 1.807) is 11.3 Å². The van der Waals surface area contributed by atoms with Crippen molar-refractivity contribution in [2.45, 2.75) is 57.8 Å². The molecule has 0 aromatic carbocycles. The van der Waals surface area contributed by atoms with Crippen LogP contribution in [-0.4, -0.2) is 44.2 Å². The summed E-state index contributed by atoms with van der Waals surface area (Å²) in [5.74, 6) is 2.11. The van der Waals surface area contributed by atoms with Crippen LogP contribution in [0.2, 0.25) is 0 Å². The molecule has 6 nitrogen and oxygen atoms in total. The first-order chi connectivity index (χ1) is 11.7. The van der Waals surface area contributed by atoms with Crippen LogP contribution in [0.1, 0.15) is 36.5 Å². The van der Waals surface area contributed by atoms with Gasteiger partial charge in [0.15, 0.2) is 0 Å². The Labute approximate surface area is 145 Å². The Balaban J connectivity index is 1.32. The highest BCUT2D eigenvalue weighted by atomic mass is 32.1. The third-order valence-electron chi connectivity index (χ3n) is 4.75. The molecule has 2 aliphatic rings. The van der Waals surface area contributed by atoms with Crippen LogP contribution in [0, 0.1) is 6.92 Å². The van der Waals surface area contributed by atoms with Gasteiger partial charge in [0.2, 0.25) is 5.91 Å². The fraction of sp³-hybridized carbons (Fsp3) is 0.588. The third kappa shape index (κ3) is 3.52. The van der Waals surface area contributed by atoms with Crippen molar-refractivity contribution in [1.82, 2.24) is 25.0 Å². The SMILES string of the molecule is Cc1nc2n(n1)C[C@H](NCC(=O)N(Cc1ccsc1)C1CC1)CC2. The molecule has 1 fully saturated rings. The molecule has 0 radical (unpaired) electrons. The number of aromatic nitrogens is 3. The standard InChI is InChI=1S/C17H23N5OS/c1-12-19-16-5-2-14(10-22(16)20-12)18-8-17(23)21(15-3-4-15)9-13-6-7-24-11-13/h6-7,11,14-15,18H,2-5,8-10H2,1H3/t14-/m1/s1. The van der Waals surface area contributed by atoms with Crippen molar-refractivity contribution in [2.24, 2.45) is 0 Å². The summed E-state index contributed by atoms with van der Waals surface area (Å²) in [4.78, 5) is 19.2. The topological polar surface area (TPSA) is 63.1 Å². The molecular formula is C17H23N5OS. The predicted octanol–water partition coefficient (Wildman–Crippen LogP) is 1.74. The van der Waals surface area contributed by atoms with E-state index in [1.807, 2.05) is 16.5 Å². The van der Waals surface area contributed by atoms with E-state index in [4.69, 9.17) is 0 Å². The Morgan fingerprint density at radius 3 is 3.08 bits per heavy atom. The number of aryl methyl sites for hydroxylation is 2. The van der Waals surface area contributed by atoms with Crippen LogP contribution in [0.15, 0.2) is 16.8 Å². The quantitative estimate of drug-likeness (QED) is 0.866. The van der Waals surface area contributed by atoms with Crippen LogP contribution in [0.3, 0.4) is 0 Å². The normalized spacial score (nSPS) is 20.0. The summed E-state index contributed by atoms with van der Waals surface area (Å²) >= 11 is 1.69. The Bertz CT molecular complexity index is 707. The van der Waals surface area contributed by atoms with Crippen molar-refractivity contribution in [1.29, 1.82) is 0 Å². The van der Waals surface area contributed by atoms with Gasteiger partial charge in [-0.05, 0) is 48.6 Å². The molecule has 4 rings (SSSR count). The number of fused-ring (bicyclic) bond motifs is 1. The number of carbonyl (C=O) groups is 1. The Kier molecular flexibility index (Phi) is 4.37. The highest BCUT2D eigenvalue weighted by Crippen LogP contribution is 2.28. The van der Waals surface area contributed by atoms with Gasteiger partial charge >= 0.3 is 0 Å². The van der Waals surface area contributed by atoms with Crippen molar-refractivity contribution in [3.63, 3.8) is 0 Å². The summed E-state index contributed by atoms with van der Waals surface area (Å²) in [5.41, 5.74) is 1.24. The van der Waals surface area contributed by atoms with Crippen LogP contribution in [0.4, 0.5) is 0 Å². The summed E-state index contributed by atoms with van der Waals surface area (Å²) in [7, 11) is 0. The minimum Gasteiger partial charge on any atom is -0.334 e. The number of thiophene rings is 1. The maximum absolute atomic E-state index is 12.7. The molecule has 24 heavy (non-hydrogen) atoms. The lowest BCUT2D eigenvalue weighted by molar-refractivity contribution is -0.131. The van der Waals surface area contributed by atoms with Crippen molar-refractivity contribution < 1.29 is 4.79 Å². The minimum atomic E-state index is 0.212. The maximum atomic E-state index is 12.7. The minimum absolute atomic E-state index is 0.212. The highest BCUT2D eigenvalue weighted by molar-refractivity contribution is 7.07. The molecule has 2 aromatic rings. The average molecular weight is 345 g/mol. The molecule has 0 spiro atoms. The van der Waals surface area contributed by atoms with E-state index >= 15 is 0 Å². The molecular weight excluding hydrogens is 322 g/mol. The second kappa shape index (κ2) is 6.64. The number of carbonyl (C=O) groups excluding carboxylic acids is 1. The number of hydrogen-bond acceptors (Lipinski definition) is 5. The lowest BCUT2D eigenvalue weighted by atomic mass is 10.1. The van der Waals surface area contributed by atoms with Gasteiger partial charge in [-0.1, -0.05) is 0 Å². The highest BCUT2D eigenvalue weighted by Gasteiger charge is 2.32. The zero-order valence-electron chi connectivity index (χ0n) is 13.9. The van der Waals surface area contributed by atoms with Crippen molar-refractivity contribution >= 4 is 17.2 Å². The second-order valence-electron chi connectivity index (χ2n) is 6.76. The molecule has 1 amide bonds. The Morgan fingerprint density at radius 2 is 2.33 bits per heavy atom. The smallest absolute Gasteiger partial charge is 0.237 e. The largest absolute Gasteiger partial charge is 0.334 e. The zero-order chi connectivity index (χ0) is 16.5. The van der Waals surface area contributed by atoms with E-state index in [0.29, 0.717) is 18.6 Å². The predicted molar refractivity (Wildman–Crippen MR) is 92.8 cm³/mol. The van der Waals surface area contributed by atoms with E-state index in [0.717, 1.165) is 50.4 Å². The van der Waals surface area contributed by atoms with Crippen molar-refractivity contribution in [3.05, 3.63) is 34.0 Å². The van der Waals surface area contributed by atoms with Crippen LogP contribution in [0.5, 0.6) is 0 Å². The molecule has 7 heteroatoms. The number of nitrogens with zero attached hydrogens (tertiary/aromatic N) is 4. The summed E-state index contributed by atoms with van der Waals surface area (Å²) in [5, 5.41) is 12.1. The molecule has 1 saturated carbocycles. The summed E-state index contributed by atoms with van der Waals surface area (Å²) in [6.45, 7) is 3.88. The lowest BCUT2D eigenvalue weighted by Gasteiger charge is -2.26. The monoisotopic (exact) mass is 345 g/mol. The van der Waals surface area contributed by atoms with Gasteiger partial charge in [0.05, 0.1) is 13.1 Å². The molecule has 128 valence electrons. The Morgan fingerprint density at radius 1 is 1.46 bits per heavy atom. The van der Waals surface area contributed by atoms with Gasteiger partial charge in [-0.3, -0.25) is 4.79 Å². The molecule has 1 aliphatic heterocycles. The van der Waals surface area contributed by atoms with E-state index in [-0.39, 0.29) is 5.91 Å². The fourth-order valence-corrected chi connectivity index (χ4v) is 3.98. The number of amides is 1. The van der Waals surface area contributed by atoms with Crippen molar-refractivity contribution in [2.75, 3.05) is 6.54 Å². The molecule has 1 aliphatic carbocycles. The van der Waals surface area contributed by atoms with E-state index in [2.05, 4.69) is 32.2 Å². The van der Waals surface area contributed by atoms with Gasteiger partial charge < -0.3 is 10.2 Å². The molecule has 2 aromatic heterocycles. The second-order valence-corrected chi connectivity index (χ2v) is 7.54. The van der Waals surface area contributed by atoms with Gasteiger partial charge in [-0.2, -0.15) is 16.4 Å². The summed E-state index contributed by atoms with van der Waals surface area (Å²) in [6.07, 6.45) is 4.22. The zero-order valence-corrected chi connectivity index (χ0v) is 14.8. The molecule has 0 bridgehead atoms. The fourth-order valence-electron chi connectivity index (χ4n) is 3.32. The number of hydrogen-bond donors (Lipinski definition) is 1. The van der Waals surface area contributed by atoms with Crippen LogP contribution >= 0.6 is 11.3 Å². The van der Waals surface area contributed by atoms with Gasteiger partial charge in [0.1, 0.15) is 11.6 Å². The first kappa shape index (κ1) is 15.8.